The SMILES string of the molecule is COc1nn(C(C)C)c2c1cc(O)c1ccccc12. The zero-order valence-corrected chi connectivity index (χ0v) is 11.2. The Morgan fingerprint density at radius 2 is 1.84 bits per heavy atom. The van der Waals surface area contributed by atoms with Gasteiger partial charge in [-0.05, 0) is 19.9 Å². The van der Waals surface area contributed by atoms with Gasteiger partial charge in [0.25, 0.3) is 0 Å². The average Bonchev–Trinajstić information content (AvgIpc) is 2.78. The highest BCUT2D eigenvalue weighted by Crippen LogP contribution is 2.37. The molecule has 2 aromatic carbocycles. The molecular formula is C15H16N2O2. The lowest BCUT2D eigenvalue weighted by atomic mass is 10.1. The maximum atomic E-state index is 10.1. The first-order valence-electron chi connectivity index (χ1n) is 6.30. The first kappa shape index (κ1) is 11.8. The van der Waals surface area contributed by atoms with Crippen molar-refractivity contribution in [3.8, 4) is 11.6 Å². The Bertz CT molecular complexity index is 760. The second-order valence-corrected chi connectivity index (χ2v) is 4.89. The third-order valence-corrected chi connectivity index (χ3v) is 3.33. The molecular weight excluding hydrogens is 240 g/mol. The topological polar surface area (TPSA) is 47.3 Å². The predicted molar refractivity (Wildman–Crippen MR) is 75.8 cm³/mol. The number of ether oxygens (including phenoxy) is 1. The number of fused-ring (bicyclic) bond motifs is 3. The number of hydrogen-bond donors (Lipinski definition) is 1. The van der Waals surface area contributed by atoms with Crippen molar-refractivity contribution in [2.45, 2.75) is 19.9 Å². The minimum Gasteiger partial charge on any atom is -0.507 e. The molecule has 0 atom stereocenters. The van der Waals surface area contributed by atoms with Crippen molar-refractivity contribution in [1.82, 2.24) is 9.78 Å². The summed E-state index contributed by atoms with van der Waals surface area (Å²) in [6, 6.07) is 9.74. The molecule has 1 aromatic heterocycles. The summed E-state index contributed by atoms with van der Waals surface area (Å²) in [5, 5.41) is 17.3. The monoisotopic (exact) mass is 256 g/mol. The summed E-state index contributed by atoms with van der Waals surface area (Å²) < 4.78 is 7.26. The second-order valence-electron chi connectivity index (χ2n) is 4.89. The summed E-state index contributed by atoms with van der Waals surface area (Å²) in [5.41, 5.74) is 1.00. The maximum absolute atomic E-state index is 10.1. The van der Waals surface area contributed by atoms with Crippen LogP contribution in [0.4, 0.5) is 0 Å². The molecule has 0 unspecified atom stereocenters. The van der Waals surface area contributed by atoms with Gasteiger partial charge in [-0.15, -0.1) is 5.10 Å². The molecule has 0 saturated heterocycles. The smallest absolute Gasteiger partial charge is 0.240 e. The number of nitrogens with zero attached hydrogens (tertiary/aromatic N) is 2. The summed E-state index contributed by atoms with van der Waals surface area (Å²) >= 11 is 0. The highest BCUT2D eigenvalue weighted by molar-refractivity contribution is 6.10. The summed E-state index contributed by atoms with van der Waals surface area (Å²) in [6.45, 7) is 4.15. The lowest BCUT2D eigenvalue weighted by Crippen LogP contribution is -2.02. The van der Waals surface area contributed by atoms with E-state index in [1.165, 1.54) is 0 Å². The molecule has 4 heteroatoms. The van der Waals surface area contributed by atoms with E-state index in [1.54, 1.807) is 13.2 Å². The van der Waals surface area contributed by atoms with Crippen molar-refractivity contribution in [3.05, 3.63) is 30.3 Å². The summed E-state index contributed by atoms with van der Waals surface area (Å²) in [6.07, 6.45) is 0. The van der Waals surface area contributed by atoms with Gasteiger partial charge >= 0.3 is 0 Å². The van der Waals surface area contributed by atoms with Gasteiger partial charge < -0.3 is 9.84 Å². The molecule has 3 aromatic rings. The molecule has 0 aliphatic carbocycles. The maximum Gasteiger partial charge on any atom is 0.240 e. The quantitative estimate of drug-likeness (QED) is 0.763. The van der Waals surface area contributed by atoms with E-state index in [0.29, 0.717) is 5.88 Å². The van der Waals surface area contributed by atoms with Crippen LogP contribution in [0.2, 0.25) is 0 Å². The van der Waals surface area contributed by atoms with Crippen LogP contribution < -0.4 is 4.74 Å². The van der Waals surface area contributed by atoms with Crippen LogP contribution in [-0.4, -0.2) is 22.0 Å². The number of phenols is 1. The number of hydrogen-bond acceptors (Lipinski definition) is 3. The number of methoxy groups -OCH3 is 1. The third-order valence-electron chi connectivity index (χ3n) is 3.33. The molecule has 0 aliphatic heterocycles. The number of aromatic nitrogens is 2. The van der Waals surface area contributed by atoms with Crippen molar-refractivity contribution < 1.29 is 9.84 Å². The first-order valence-corrected chi connectivity index (χ1v) is 6.30. The normalized spacial score (nSPS) is 11.6. The highest BCUT2D eigenvalue weighted by Gasteiger charge is 2.17. The Labute approximate surface area is 111 Å². The van der Waals surface area contributed by atoms with Crippen molar-refractivity contribution in [2.75, 3.05) is 7.11 Å². The van der Waals surface area contributed by atoms with Gasteiger partial charge in [0.15, 0.2) is 0 Å². The Balaban J connectivity index is 2.55. The molecule has 0 fully saturated rings. The Morgan fingerprint density at radius 3 is 2.47 bits per heavy atom. The van der Waals surface area contributed by atoms with Crippen LogP contribution in [0.1, 0.15) is 19.9 Å². The fourth-order valence-electron chi connectivity index (χ4n) is 2.48. The summed E-state index contributed by atoms with van der Waals surface area (Å²) in [7, 11) is 1.60. The Hall–Kier alpha value is -2.23. The van der Waals surface area contributed by atoms with E-state index >= 15 is 0 Å². The third kappa shape index (κ3) is 1.63. The summed E-state index contributed by atoms with van der Waals surface area (Å²) in [4.78, 5) is 0. The molecule has 0 aliphatic rings. The fourth-order valence-corrected chi connectivity index (χ4v) is 2.48. The van der Waals surface area contributed by atoms with Crippen LogP contribution in [0.15, 0.2) is 30.3 Å². The van der Waals surface area contributed by atoms with Gasteiger partial charge in [0.2, 0.25) is 5.88 Å². The average molecular weight is 256 g/mol. The van der Waals surface area contributed by atoms with Crippen molar-refractivity contribution in [1.29, 1.82) is 0 Å². The van der Waals surface area contributed by atoms with Crippen LogP contribution in [0, 0.1) is 0 Å². The van der Waals surface area contributed by atoms with Gasteiger partial charge in [-0.3, -0.25) is 4.68 Å². The molecule has 1 N–H and O–H groups in total. The molecule has 0 saturated carbocycles. The van der Waals surface area contributed by atoms with E-state index < -0.39 is 0 Å². The van der Waals surface area contributed by atoms with E-state index in [2.05, 4.69) is 18.9 Å². The van der Waals surface area contributed by atoms with E-state index in [9.17, 15) is 5.11 Å². The van der Waals surface area contributed by atoms with Gasteiger partial charge in [0, 0.05) is 16.8 Å². The Kier molecular flexibility index (Phi) is 2.59. The van der Waals surface area contributed by atoms with Gasteiger partial charge in [0.05, 0.1) is 18.0 Å². The van der Waals surface area contributed by atoms with Gasteiger partial charge in [-0.2, -0.15) is 0 Å². The standard InChI is InChI=1S/C15H16N2O2/c1-9(2)17-14-11-7-5-4-6-10(11)13(18)8-12(14)15(16-17)19-3/h4-9,18H,1-3H3. The van der Waals surface area contributed by atoms with Gasteiger partial charge in [-0.1, -0.05) is 24.3 Å². The lowest BCUT2D eigenvalue weighted by Gasteiger charge is -2.09. The Morgan fingerprint density at radius 1 is 1.16 bits per heavy atom. The van der Waals surface area contributed by atoms with Gasteiger partial charge in [-0.25, -0.2) is 0 Å². The van der Waals surface area contributed by atoms with Crippen molar-refractivity contribution >= 4 is 21.7 Å². The van der Waals surface area contributed by atoms with Crippen LogP contribution in [0.5, 0.6) is 11.6 Å². The zero-order valence-electron chi connectivity index (χ0n) is 11.2. The molecule has 19 heavy (non-hydrogen) atoms. The number of aromatic hydroxyl groups is 1. The van der Waals surface area contributed by atoms with Crippen LogP contribution >= 0.6 is 0 Å². The van der Waals surface area contributed by atoms with Crippen molar-refractivity contribution in [3.63, 3.8) is 0 Å². The molecule has 98 valence electrons. The minimum atomic E-state index is 0.222. The predicted octanol–water partition coefficient (Wildman–Crippen LogP) is 3.48. The van der Waals surface area contributed by atoms with Crippen molar-refractivity contribution in [2.24, 2.45) is 0 Å². The lowest BCUT2D eigenvalue weighted by molar-refractivity contribution is 0.387. The molecule has 0 radical (unpaired) electrons. The summed E-state index contributed by atoms with van der Waals surface area (Å²) in [5.74, 6) is 0.800. The largest absolute Gasteiger partial charge is 0.507 e. The first-order chi connectivity index (χ1) is 9.13. The number of phenolic OH excluding ortho intramolecular Hbond substituents is 1. The molecule has 0 spiro atoms. The second kappa shape index (κ2) is 4.16. The van der Waals surface area contributed by atoms with Crippen LogP contribution in [0.3, 0.4) is 0 Å². The highest BCUT2D eigenvalue weighted by atomic mass is 16.5. The van der Waals surface area contributed by atoms with Crippen LogP contribution in [0.25, 0.3) is 21.7 Å². The van der Waals surface area contributed by atoms with E-state index in [-0.39, 0.29) is 11.8 Å². The molecule has 1 heterocycles. The molecule has 4 nitrogen and oxygen atoms in total. The molecule has 0 bridgehead atoms. The fraction of sp³-hybridized carbons (Fsp3) is 0.267. The zero-order chi connectivity index (χ0) is 13.6. The minimum absolute atomic E-state index is 0.222. The number of rotatable bonds is 2. The van der Waals surface area contributed by atoms with Crippen LogP contribution in [-0.2, 0) is 0 Å². The molecule has 0 amide bonds. The van der Waals surface area contributed by atoms with E-state index in [0.717, 1.165) is 21.7 Å². The van der Waals surface area contributed by atoms with Gasteiger partial charge in [0.1, 0.15) is 5.75 Å². The molecule has 3 rings (SSSR count). The van der Waals surface area contributed by atoms with E-state index in [1.807, 2.05) is 28.9 Å². The van der Waals surface area contributed by atoms with E-state index in [4.69, 9.17) is 4.74 Å². The number of benzene rings is 2.